The molecule has 0 saturated heterocycles. The Kier molecular flexibility index (Phi) is 5.03. The highest BCUT2D eigenvalue weighted by Crippen LogP contribution is 2.26. The van der Waals surface area contributed by atoms with Gasteiger partial charge in [-0.3, -0.25) is 4.79 Å². The molecule has 0 aliphatic rings. The van der Waals surface area contributed by atoms with Gasteiger partial charge in [-0.2, -0.15) is 0 Å². The molecule has 1 amide bonds. The molecule has 1 atom stereocenters. The third kappa shape index (κ3) is 3.65. The number of carbonyl (C=O) groups is 1. The van der Waals surface area contributed by atoms with Crippen molar-refractivity contribution in [1.82, 2.24) is 5.32 Å². The molecule has 1 aromatic heterocycles. The zero-order valence-electron chi connectivity index (χ0n) is 9.71. The Morgan fingerprint density at radius 2 is 2.31 bits per heavy atom. The first-order valence-electron chi connectivity index (χ1n) is 5.27. The number of rotatable bonds is 4. The Balaban J connectivity index is 2.61. The first kappa shape index (κ1) is 13.3. The number of hydrogen-bond acceptors (Lipinski definition) is 2. The van der Waals surface area contributed by atoms with Crippen LogP contribution in [0.5, 0.6) is 0 Å². The zero-order chi connectivity index (χ0) is 12.1. The van der Waals surface area contributed by atoms with Gasteiger partial charge in [-0.05, 0) is 32.4 Å². The summed E-state index contributed by atoms with van der Waals surface area (Å²) in [7, 11) is 0. The van der Waals surface area contributed by atoms with Crippen LogP contribution in [0.15, 0.2) is 23.8 Å². The summed E-state index contributed by atoms with van der Waals surface area (Å²) in [6.45, 7) is 5.80. The molecule has 0 fully saturated rings. The van der Waals surface area contributed by atoms with Gasteiger partial charge in [-0.15, -0.1) is 11.3 Å². The molecule has 0 unspecified atom stereocenters. The molecule has 4 heteroatoms. The predicted octanol–water partition coefficient (Wildman–Crippen LogP) is 3.94. The number of carbonyl (C=O) groups excluding carboxylic acids is 1. The van der Waals surface area contributed by atoms with Crippen LogP contribution in [0.4, 0.5) is 0 Å². The van der Waals surface area contributed by atoms with Crippen LogP contribution < -0.4 is 5.32 Å². The van der Waals surface area contributed by atoms with Gasteiger partial charge >= 0.3 is 0 Å². The Morgan fingerprint density at radius 3 is 2.81 bits per heavy atom. The number of allylic oxidation sites excluding steroid dienone is 1. The smallest absolute Gasteiger partial charge is 0.247 e. The minimum Gasteiger partial charge on any atom is -0.345 e. The van der Waals surface area contributed by atoms with Crippen LogP contribution >= 0.6 is 22.9 Å². The van der Waals surface area contributed by atoms with Crippen molar-refractivity contribution in [3.63, 3.8) is 0 Å². The molecular weight excluding hydrogens is 242 g/mol. The van der Waals surface area contributed by atoms with E-state index in [-0.39, 0.29) is 11.9 Å². The van der Waals surface area contributed by atoms with Gasteiger partial charge in [0.15, 0.2) is 0 Å². The lowest BCUT2D eigenvalue weighted by atomic mass is 10.2. The Morgan fingerprint density at radius 1 is 1.62 bits per heavy atom. The van der Waals surface area contributed by atoms with Gasteiger partial charge < -0.3 is 5.32 Å². The molecule has 2 nitrogen and oxygen atoms in total. The molecule has 0 saturated carbocycles. The molecule has 0 bridgehead atoms. The van der Waals surface area contributed by atoms with Crippen LogP contribution in [-0.4, -0.2) is 5.91 Å². The number of halogens is 1. The van der Waals surface area contributed by atoms with Crippen LogP contribution in [0.3, 0.4) is 0 Å². The zero-order valence-corrected chi connectivity index (χ0v) is 11.3. The molecule has 1 heterocycles. The highest BCUT2D eigenvalue weighted by molar-refractivity contribution is 7.16. The van der Waals surface area contributed by atoms with E-state index < -0.39 is 0 Å². The standard InChI is InChI=1S/C12H16ClNOS/c1-4-5-8(2)12(15)14-9(3)10-6-7-11(13)16-10/h5-7,9H,4H2,1-3H3,(H,14,15)/b8-5+/t9-/m1/s1. The van der Waals surface area contributed by atoms with Crippen molar-refractivity contribution in [2.75, 3.05) is 0 Å². The van der Waals surface area contributed by atoms with Gasteiger partial charge in [0.1, 0.15) is 0 Å². The van der Waals surface area contributed by atoms with E-state index in [9.17, 15) is 4.79 Å². The fourth-order valence-electron chi connectivity index (χ4n) is 1.34. The molecule has 16 heavy (non-hydrogen) atoms. The average Bonchev–Trinajstić information content (AvgIpc) is 2.65. The molecule has 0 spiro atoms. The van der Waals surface area contributed by atoms with E-state index in [1.807, 2.05) is 39.0 Å². The highest BCUT2D eigenvalue weighted by Gasteiger charge is 2.12. The van der Waals surface area contributed by atoms with E-state index in [0.717, 1.165) is 21.2 Å². The lowest BCUT2D eigenvalue weighted by Crippen LogP contribution is -2.26. The van der Waals surface area contributed by atoms with E-state index in [1.54, 1.807) is 0 Å². The van der Waals surface area contributed by atoms with Gasteiger partial charge in [0.2, 0.25) is 5.91 Å². The van der Waals surface area contributed by atoms with Crippen molar-refractivity contribution in [1.29, 1.82) is 0 Å². The van der Waals surface area contributed by atoms with E-state index in [4.69, 9.17) is 11.6 Å². The molecule has 0 aromatic carbocycles. The first-order valence-corrected chi connectivity index (χ1v) is 6.47. The quantitative estimate of drug-likeness (QED) is 0.814. The van der Waals surface area contributed by atoms with Gasteiger partial charge in [0.25, 0.3) is 0 Å². The Bertz CT molecular complexity index is 397. The summed E-state index contributed by atoms with van der Waals surface area (Å²) in [4.78, 5) is 12.8. The molecular formula is C12H16ClNOS. The second-order valence-electron chi connectivity index (χ2n) is 3.63. The van der Waals surface area contributed by atoms with E-state index >= 15 is 0 Å². The topological polar surface area (TPSA) is 29.1 Å². The molecule has 1 aromatic rings. The number of hydrogen-bond donors (Lipinski definition) is 1. The van der Waals surface area contributed by atoms with Crippen LogP contribution in [0.2, 0.25) is 4.34 Å². The summed E-state index contributed by atoms with van der Waals surface area (Å²) in [6.07, 6.45) is 2.79. The number of nitrogens with one attached hydrogen (secondary N) is 1. The Hall–Kier alpha value is -0.800. The summed E-state index contributed by atoms with van der Waals surface area (Å²) in [5, 5.41) is 2.94. The van der Waals surface area contributed by atoms with Gasteiger partial charge in [-0.25, -0.2) is 0 Å². The molecule has 0 aliphatic heterocycles. The summed E-state index contributed by atoms with van der Waals surface area (Å²) >= 11 is 7.34. The molecule has 0 aliphatic carbocycles. The van der Waals surface area contributed by atoms with E-state index in [1.165, 1.54) is 11.3 Å². The van der Waals surface area contributed by atoms with Gasteiger partial charge in [0, 0.05) is 10.5 Å². The van der Waals surface area contributed by atoms with Gasteiger partial charge in [-0.1, -0.05) is 24.6 Å². The van der Waals surface area contributed by atoms with Crippen molar-refractivity contribution in [2.45, 2.75) is 33.2 Å². The van der Waals surface area contributed by atoms with Crippen molar-refractivity contribution in [2.24, 2.45) is 0 Å². The van der Waals surface area contributed by atoms with Crippen LogP contribution in [0.1, 0.15) is 38.1 Å². The monoisotopic (exact) mass is 257 g/mol. The highest BCUT2D eigenvalue weighted by atomic mass is 35.5. The lowest BCUT2D eigenvalue weighted by molar-refractivity contribution is -0.118. The molecule has 88 valence electrons. The maximum Gasteiger partial charge on any atom is 0.247 e. The molecule has 1 N–H and O–H groups in total. The number of thiophene rings is 1. The number of amides is 1. The van der Waals surface area contributed by atoms with Crippen molar-refractivity contribution in [3.05, 3.63) is 33.0 Å². The van der Waals surface area contributed by atoms with E-state index in [0.29, 0.717) is 0 Å². The van der Waals surface area contributed by atoms with Crippen molar-refractivity contribution < 1.29 is 4.79 Å². The van der Waals surface area contributed by atoms with Crippen molar-refractivity contribution in [3.8, 4) is 0 Å². The summed E-state index contributed by atoms with van der Waals surface area (Å²) in [6, 6.07) is 3.79. The SMILES string of the molecule is CC/C=C(\C)C(=O)N[C@H](C)c1ccc(Cl)s1. The maximum absolute atomic E-state index is 11.7. The fourth-order valence-corrected chi connectivity index (χ4v) is 2.40. The van der Waals surface area contributed by atoms with Gasteiger partial charge in [0.05, 0.1) is 10.4 Å². The Labute approximate surface area is 105 Å². The minimum atomic E-state index is -0.0149. The van der Waals surface area contributed by atoms with E-state index in [2.05, 4.69) is 5.32 Å². The molecule has 1 rings (SSSR count). The minimum absolute atomic E-state index is 0.00482. The van der Waals surface area contributed by atoms with Crippen molar-refractivity contribution >= 4 is 28.8 Å². The van der Waals surface area contributed by atoms with Crippen LogP contribution in [-0.2, 0) is 4.79 Å². The molecule has 0 radical (unpaired) electrons. The second kappa shape index (κ2) is 6.06. The first-order chi connectivity index (χ1) is 7.54. The summed E-state index contributed by atoms with van der Waals surface area (Å²) in [5.41, 5.74) is 0.761. The van der Waals surface area contributed by atoms with Crippen LogP contribution in [0, 0.1) is 0 Å². The third-order valence-corrected chi connectivity index (χ3v) is 3.65. The summed E-state index contributed by atoms with van der Waals surface area (Å²) in [5.74, 6) is -0.0149. The maximum atomic E-state index is 11.7. The summed E-state index contributed by atoms with van der Waals surface area (Å²) < 4.78 is 0.747. The average molecular weight is 258 g/mol. The second-order valence-corrected chi connectivity index (χ2v) is 5.38. The normalized spacial score (nSPS) is 13.6. The van der Waals surface area contributed by atoms with Crippen LogP contribution in [0.25, 0.3) is 0 Å². The third-order valence-electron chi connectivity index (χ3n) is 2.24. The lowest BCUT2D eigenvalue weighted by Gasteiger charge is -2.12. The largest absolute Gasteiger partial charge is 0.345 e. The fraction of sp³-hybridized carbons (Fsp3) is 0.417. The predicted molar refractivity (Wildman–Crippen MR) is 69.9 cm³/mol.